The average Bonchev–Trinajstić information content (AvgIpc) is 3.35. The molecule has 2 heterocycles. The topological polar surface area (TPSA) is 89.7 Å². The highest BCUT2D eigenvalue weighted by molar-refractivity contribution is 14.0. The second-order valence-electron chi connectivity index (χ2n) is 7.33. The number of aliphatic imine (C=N–C) groups is 1. The molecule has 0 aliphatic carbocycles. The van der Waals surface area contributed by atoms with E-state index in [0.717, 1.165) is 57.1 Å². The van der Waals surface area contributed by atoms with Crippen molar-refractivity contribution in [1.29, 1.82) is 0 Å². The maximum atomic E-state index is 5.46. The minimum atomic E-state index is 0. The van der Waals surface area contributed by atoms with Gasteiger partial charge in [-0.25, -0.2) is 0 Å². The van der Waals surface area contributed by atoms with Crippen molar-refractivity contribution >= 4 is 35.6 Å². The van der Waals surface area contributed by atoms with E-state index in [1.807, 2.05) is 24.3 Å². The summed E-state index contributed by atoms with van der Waals surface area (Å²) in [5.74, 6) is 3.33. The molecular weight excluding hydrogens is 539 g/mol. The molecule has 1 aliphatic heterocycles. The smallest absolute Gasteiger partial charge is 0.203 e. The molecule has 0 saturated carbocycles. The Hall–Kier alpha value is -2.18. The van der Waals surface area contributed by atoms with Crippen molar-refractivity contribution in [3.8, 4) is 17.2 Å². The van der Waals surface area contributed by atoms with Gasteiger partial charge in [-0.3, -0.25) is 9.89 Å². The molecule has 10 heteroatoms. The lowest BCUT2D eigenvalue weighted by Crippen LogP contribution is -2.37. The van der Waals surface area contributed by atoms with E-state index in [4.69, 9.17) is 28.4 Å². The Balaban J connectivity index is 0.00000385. The molecule has 1 saturated heterocycles. The number of morpholine rings is 1. The van der Waals surface area contributed by atoms with Gasteiger partial charge in [0.15, 0.2) is 17.5 Å². The lowest BCUT2D eigenvalue weighted by atomic mass is 10.2. The summed E-state index contributed by atoms with van der Waals surface area (Å²) in [5, 5.41) is 6.74. The summed E-state index contributed by atoms with van der Waals surface area (Å²) in [7, 11) is 4.79. The lowest BCUT2D eigenvalue weighted by molar-refractivity contribution is 0.0377. The Morgan fingerprint density at radius 1 is 1.09 bits per heavy atom. The van der Waals surface area contributed by atoms with Crippen LogP contribution in [0.25, 0.3) is 0 Å². The number of hydrogen-bond donors (Lipinski definition) is 2. The highest BCUT2D eigenvalue weighted by atomic mass is 127. The zero-order valence-electron chi connectivity index (χ0n) is 19.6. The van der Waals surface area contributed by atoms with Crippen LogP contribution in [0.1, 0.15) is 12.2 Å². The van der Waals surface area contributed by atoms with E-state index in [9.17, 15) is 0 Å². The van der Waals surface area contributed by atoms with Gasteiger partial charge >= 0.3 is 0 Å². The fourth-order valence-corrected chi connectivity index (χ4v) is 3.50. The third-order valence-electron chi connectivity index (χ3n) is 5.18. The summed E-state index contributed by atoms with van der Waals surface area (Å²) in [5.41, 5.74) is 0.789. The number of anilines is 1. The summed E-state index contributed by atoms with van der Waals surface area (Å²) >= 11 is 0. The molecule has 0 bridgehead atoms. The van der Waals surface area contributed by atoms with Crippen molar-refractivity contribution in [3.05, 3.63) is 36.3 Å². The number of methoxy groups -OCH3 is 3. The monoisotopic (exact) mass is 574 g/mol. The van der Waals surface area contributed by atoms with Crippen LogP contribution in [0.5, 0.6) is 17.2 Å². The number of nitrogens with zero attached hydrogens (tertiary/aromatic N) is 2. The molecule has 0 atom stereocenters. The van der Waals surface area contributed by atoms with E-state index in [-0.39, 0.29) is 24.0 Å². The van der Waals surface area contributed by atoms with E-state index in [2.05, 4.69) is 15.5 Å². The number of nitrogens with one attached hydrogen (secondary N) is 2. The number of benzene rings is 1. The molecule has 0 spiro atoms. The summed E-state index contributed by atoms with van der Waals surface area (Å²) in [6.07, 6.45) is 3.42. The van der Waals surface area contributed by atoms with Crippen LogP contribution >= 0.6 is 24.0 Å². The van der Waals surface area contributed by atoms with Crippen molar-refractivity contribution in [2.75, 3.05) is 72.6 Å². The van der Waals surface area contributed by atoms with Gasteiger partial charge in [-0.15, -0.1) is 24.0 Å². The molecular formula is C23H35IN4O5. The van der Waals surface area contributed by atoms with E-state index in [1.54, 1.807) is 27.6 Å². The van der Waals surface area contributed by atoms with Gasteiger partial charge in [0, 0.05) is 57.0 Å². The lowest BCUT2D eigenvalue weighted by Gasteiger charge is -2.26. The predicted molar refractivity (Wildman–Crippen MR) is 140 cm³/mol. The van der Waals surface area contributed by atoms with Crippen LogP contribution in [0.2, 0.25) is 0 Å². The number of furan rings is 1. The van der Waals surface area contributed by atoms with Gasteiger partial charge < -0.3 is 34.0 Å². The fraction of sp³-hybridized carbons (Fsp3) is 0.522. The Bertz CT molecular complexity index is 816. The standard InChI is InChI=1S/C23H34N4O5.HI/c1-28-20-16-18(17-21(29-2)22(20)30-3)26-23(25-9-7-19-6-4-13-32-19)24-8-5-10-27-11-14-31-15-12-27;/h4,6,13,16-17H,5,7-12,14-15H2,1-3H3,(H2,24,25,26);1H. The fourth-order valence-electron chi connectivity index (χ4n) is 3.50. The number of rotatable bonds is 11. The quantitative estimate of drug-likeness (QED) is 0.183. The Kier molecular flexibility index (Phi) is 12.2. The van der Waals surface area contributed by atoms with Gasteiger partial charge in [0.05, 0.1) is 40.8 Å². The van der Waals surface area contributed by atoms with Gasteiger partial charge in [-0.2, -0.15) is 0 Å². The molecule has 2 N–H and O–H groups in total. The number of guanidine groups is 1. The average molecular weight is 574 g/mol. The first kappa shape index (κ1) is 27.1. The van der Waals surface area contributed by atoms with Crippen molar-refractivity contribution in [3.63, 3.8) is 0 Å². The third kappa shape index (κ3) is 8.59. The molecule has 1 aromatic carbocycles. The number of ether oxygens (including phenoxy) is 4. The van der Waals surface area contributed by atoms with Crippen LogP contribution < -0.4 is 24.8 Å². The van der Waals surface area contributed by atoms with Gasteiger partial charge in [-0.1, -0.05) is 0 Å². The third-order valence-corrected chi connectivity index (χ3v) is 5.18. The maximum absolute atomic E-state index is 5.46. The van der Waals surface area contributed by atoms with Gasteiger partial charge in [0.2, 0.25) is 5.75 Å². The second kappa shape index (κ2) is 14.9. The van der Waals surface area contributed by atoms with Crippen molar-refractivity contribution in [2.24, 2.45) is 4.99 Å². The van der Waals surface area contributed by atoms with E-state index in [1.165, 1.54) is 0 Å². The SMILES string of the molecule is COc1cc(NC(=NCCCN2CCOCC2)NCCc2ccco2)cc(OC)c1OC.I. The largest absolute Gasteiger partial charge is 0.493 e. The highest BCUT2D eigenvalue weighted by Gasteiger charge is 2.14. The molecule has 1 aromatic heterocycles. The molecule has 3 rings (SSSR count). The maximum Gasteiger partial charge on any atom is 0.203 e. The summed E-state index contributed by atoms with van der Waals surface area (Å²) in [4.78, 5) is 7.18. The van der Waals surface area contributed by atoms with Crippen LogP contribution in [0.3, 0.4) is 0 Å². The van der Waals surface area contributed by atoms with Gasteiger partial charge in [-0.05, 0) is 18.6 Å². The molecule has 0 radical (unpaired) electrons. The van der Waals surface area contributed by atoms with Gasteiger partial charge in [0.25, 0.3) is 0 Å². The van der Waals surface area contributed by atoms with Crippen LogP contribution in [0.15, 0.2) is 39.9 Å². The van der Waals surface area contributed by atoms with E-state index >= 15 is 0 Å². The van der Waals surface area contributed by atoms with Crippen molar-refractivity contribution < 1.29 is 23.4 Å². The normalized spacial score (nSPS) is 14.3. The van der Waals surface area contributed by atoms with Crippen LogP contribution in [0, 0.1) is 0 Å². The summed E-state index contributed by atoms with van der Waals surface area (Å²) in [6, 6.07) is 7.58. The van der Waals surface area contributed by atoms with E-state index in [0.29, 0.717) is 36.3 Å². The molecule has 184 valence electrons. The first-order valence-electron chi connectivity index (χ1n) is 10.9. The molecule has 0 amide bonds. The molecule has 2 aromatic rings. The Morgan fingerprint density at radius 3 is 2.42 bits per heavy atom. The van der Waals surface area contributed by atoms with Crippen molar-refractivity contribution in [1.82, 2.24) is 10.2 Å². The minimum absolute atomic E-state index is 0. The first-order valence-corrected chi connectivity index (χ1v) is 10.9. The molecule has 0 unspecified atom stereocenters. The number of hydrogen-bond acceptors (Lipinski definition) is 7. The first-order chi connectivity index (χ1) is 15.7. The summed E-state index contributed by atoms with van der Waals surface area (Å²) < 4.78 is 27.2. The zero-order valence-corrected chi connectivity index (χ0v) is 21.9. The molecule has 33 heavy (non-hydrogen) atoms. The molecule has 1 fully saturated rings. The van der Waals surface area contributed by atoms with Crippen LogP contribution in [0.4, 0.5) is 5.69 Å². The summed E-state index contributed by atoms with van der Waals surface area (Å²) in [6.45, 7) is 6.00. The molecule has 9 nitrogen and oxygen atoms in total. The highest BCUT2D eigenvalue weighted by Crippen LogP contribution is 2.39. The number of halogens is 1. The van der Waals surface area contributed by atoms with Crippen LogP contribution in [-0.4, -0.2) is 78.1 Å². The molecule has 1 aliphatic rings. The van der Waals surface area contributed by atoms with Gasteiger partial charge in [0.1, 0.15) is 5.76 Å². The zero-order chi connectivity index (χ0) is 22.6. The van der Waals surface area contributed by atoms with Crippen LogP contribution in [-0.2, 0) is 11.2 Å². The minimum Gasteiger partial charge on any atom is -0.493 e. The Morgan fingerprint density at radius 2 is 1.82 bits per heavy atom. The Labute approximate surface area is 212 Å². The van der Waals surface area contributed by atoms with E-state index < -0.39 is 0 Å². The van der Waals surface area contributed by atoms with Crippen molar-refractivity contribution in [2.45, 2.75) is 12.8 Å². The second-order valence-corrected chi connectivity index (χ2v) is 7.33. The predicted octanol–water partition coefficient (Wildman–Crippen LogP) is 3.25.